The molecule has 0 aliphatic carbocycles. The van der Waals surface area contributed by atoms with Gasteiger partial charge in [-0.15, -0.1) is 11.8 Å². The largest absolute Gasteiger partial charge is 0.309 e. The van der Waals surface area contributed by atoms with Crippen molar-refractivity contribution in [1.82, 2.24) is 4.90 Å². The standard InChI is InChI=1S/C10H17NOS/c1-5-9(8-13-4)10(12)6-7-11(2)3/h5,8H,1,6-7H2,2-4H3/b9-8+. The van der Waals surface area contributed by atoms with Crippen LogP contribution in [0.3, 0.4) is 0 Å². The van der Waals surface area contributed by atoms with Gasteiger partial charge in [0.25, 0.3) is 0 Å². The van der Waals surface area contributed by atoms with Crippen LogP contribution >= 0.6 is 11.8 Å². The second-order valence-electron chi connectivity index (χ2n) is 2.99. The Kier molecular flexibility index (Phi) is 6.63. The van der Waals surface area contributed by atoms with E-state index in [1.165, 1.54) is 11.8 Å². The van der Waals surface area contributed by atoms with Crippen LogP contribution in [0, 0.1) is 0 Å². The van der Waals surface area contributed by atoms with Crippen LogP contribution in [0.2, 0.25) is 0 Å². The van der Waals surface area contributed by atoms with Gasteiger partial charge in [-0.25, -0.2) is 0 Å². The van der Waals surface area contributed by atoms with Gasteiger partial charge in [0.05, 0.1) is 0 Å². The first kappa shape index (κ1) is 12.5. The number of thioether (sulfide) groups is 1. The van der Waals surface area contributed by atoms with Gasteiger partial charge in [-0.3, -0.25) is 4.79 Å². The molecule has 2 nitrogen and oxygen atoms in total. The minimum absolute atomic E-state index is 0.165. The third kappa shape index (κ3) is 5.66. The predicted molar refractivity (Wildman–Crippen MR) is 60.0 cm³/mol. The summed E-state index contributed by atoms with van der Waals surface area (Å²) in [5.41, 5.74) is 0.717. The molecule has 0 aliphatic heterocycles. The Morgan fingerprint density at radius 2 is 2.15 bits per heavy atom. The maximum atomic E-state index is 11.5. The lowest BCUT2D eigenvalue weighted by atomic mass is 10.1. The third-order valence-corrected chi connectivity index (χ3v) is 2.06. The van der Waals surface area contributed by atoms with Crippen LogP contribution in [-0.4, -0.2) is 37.6 Å². The van der Waals surface area contributed by atoms with Gasteiger partial charge in [0, 0.05) is 18.5 Å². The third-order valence-electron chi connectivity index (χ3n) is 1.57. The Morgan fingerprint density at radius 1 is 1.54 bits per heavy atom. The van der Waals surface area contributed by atoms with E-state index in [-0.39, 0.29) is 5.78 Å². The summed E-state index contributed by atoms with van der Waals surface area (Å²) in [6.45, 7) is 4.40. The highest BCUT2D eigenvalue weighted by atomic mass is 32.2. The van der Waals surface area contributed by atoms with E-state index in [1.807, 2.05) is 30.7 Å². The van der Waals surface area contributed by atoms with Crippen molar-refractivity contribution in [3.63, 3.8) is 0 Å². The Labute approximate surface area is 84.7 Å². The topological polar surface area (TPSA) is 20.3 Å². The molecule has 0 aliphatic rings. The van der Waals surface area contributed by atoms with Crippen LogP contribution in [0.15, 0.2) is 23.6 Å². The molecule has 0 saturated heterocycles. The molecular weight excluding hydrogens is 182 g/mol. The van der Waals surface area contributed by atoms with Crippen molar-refractivity contribution < 1.29 is 4.79 Å². The van der Waals surface area contributed by atoms with Crippen molar-refractivity contribution in [2.24, 2.45) is 0 Å². The first-order valence-corrected chi connectivity index (χ1v) is 5.44. The second kappa shape index (κ2) is 6.92. The minimum atomic E-state index is 0.165. The van der Waals surface area contributed by atoms with Gasteiger partial charge in [0.15, 0.2) is 5.78 Å². The van der Waals surface area contributed by atoms with E-state index in [0.717, 1.165) is 6.54 Å². The van der Waals surface area contributed by atoms with Crippen LogP contribution in [0.4, 0.5) is 0 Å². The molecule has 0 amide bonds. The van der Waals surface area contributed by atoms with Crippen LogP contribution in [0.1, 0.15) is 6.42 Å². The van der Waals surface area contributed by atoms with Gasteiger partial charge in [0.1, 0.15) is 0 Å². The molecule has 0 bridgehead atoms. The Hall–Kier alpha value is -0.540. The molecule has 0 fully saturated rings. The Bertz CT molecular complexity index is 209. The van der Waals surface area contributed by atoms with E-state index in [2.05, 4.69) is 6.58 Å². The first-order valence-electron chi connectivity index (χ1n) is 4.15. The van der Waals surface area contributed by atoms with Crippen LogP contribution in [0.25, 0.3) is 0 Å². The Balaban J connectivity index is 4.07. The molecule has 0 N–H and O–H groups in total. The summed E-state index contributed by atoms with van der Waals surface area (Å²) in [5.74, 6) is 0.165. The highest BCUT2D eigenvalue weighted by Gasteiger charge is 2.05. The zero-order chi connectivity index (χ0) is 10.3. The summed E-state index contributed by atoms with van der Waals surface area (Å²) >= 11 is 1.53. The molecule has 0 rings (SSSR count). The van der Waals surface area contributed by atoms with E-state index in [4.69, 9.17) is 0 Å². The van der Waals surface area contributed by atoms with Crippen molar-refractivity contribution in [1.29, 1.82) is 0 Å². The fraction of sp³-hybridized carbons (Fsp3) is 0.500. The van der Waals surface area contributed by atoms with Crippen LogP contribution < -0.4 is 0 Å². The summed E-state index contributed by atoms with van der Waals surface area (Å²) in [4.78, 5) is 13.5. The van der Waals surface area contributed by atoms with Crippen molar-refractivity contribution in [3.8, 4) is 0 Å². The normalized spacial score (nSPS) is 11.8. The molecule has 0 saturated carbocycles. The maximum Gasteiger partial charge on any atom is 0.164 e. The molecule has 0 spiro atoms. The molecule has 0 atom stereocenters. The highest BCUT2D eigenvalue weighted by Crippen LogP contribution is 2.07. The first-order chi connectivity index (χ1) is 6.11. The minimum Gasteiger partial charge on any atom is -0.309 e. The lowest BCUT2D eigenvalue weighted by molar-refractivity contribution is -0.115. The molecule has 0 aromatic rings. The van der Waals surface area contributed by atoms with E-state index in [0.29, 0.717) is 12.0 Å². The summed E-state index contributed by atoms with van der Waals surface area (Å²) < 4.78 is 0. The van der Waals surface area contributed by atoms with Gasteiger partial charge < -0.3 is 4.90 Å². The summed E-state index contributed by atoms with van der Waals surface area (Å²) in [5, 5.41) is 1.84. The number of Topliss-reactive ketones (excluding diaryl/α,β-unsaturated/α-hetero) is 1. The smallest absolute Gasteiger partial charge is 0.164 e. The highest BCUT2D eigenvalue weighted by molar-refractivity contribution is 8.01. The van der Waals surface area contributed by atoms with E-state index >= 15 is 0 Å². The fourth-order valence-electron chi connectivity index (χ4n) is 0.824. The van der Waals surface area contributed by atoms with Gasteiger partial charge >= 0.3 is 0 Å². The number of carbonyl (C=O) groups excluding carboxylic acids is 1. The summed E-state index contributed by atoms with van der Waals surface area (Å²) in [6.07, 6.45) is 4.11. The van der Waals surface area contributed by atoms with Gasteiger partial charge in [0.2, 0.25) is 0 Å². The summed E-state index contributed by atoms with van der Waals surface area (Å²) in [7, 11) is 3.91. The van der Waals surface area contributed by atoms with Crippen molar-refractivity contribution in [3.05, 3.63) is 23.6 Å². The van der Waals surface area contributed by atoms with Gasteiger partial charge in [-0.05, 0) is 25.8 Å². The second-order valence-corrected chi connectivity index (χ2v) is 3.70. The molecule has 0 aromatic heterocycles. The van der Waals surface area contributed by atoms with E-state index in [1.54, 1.807) is 6.08 Å². The number of nitrogens with zero attached hydrogens (tertiary/aromatic N) is 1. The average Bonchev–Trinajstić information content (AvgIpc) is 2.10. The average molecular weight is 199 g/mol. The molecule has 74 valence electrons. The monoisotopic (exact) mass is 199 g/mol. The number of hydrogen-bond acceptors (Lipinski definition) is 3. The molecule has 0 heterocycles. The molecule has 13 heavy (non-hydrogen) atoms. The molecular formula is C10H17NOS. The van der Waals surface area contributed by atoms with Crippen molar-refractivity contribution >= 4 is 17.5 Å². The molecule has 0 radical (unpaired) electrons. The van der Waals surface area contributed by atoms with E-state index in [9.17, 15) is 4.79 Å². The number of rotatable bonds is 6. The van der Waals surface area contributed by atoms with E-state index < -0.39 is 0 Å². The van der Waals surface area contributed by atoms with Gasteiger partial charge in [-0.1, -0.05) is 12.7 Å². The maximum absolute atomic E-state index is 11.5. The van der Waals surface area contributed by atoms with Gasteiger partial charge in [-0.2, -0.15) is 0 Å². The van der Waals surface area contributed by atoms with Crippen molar-refractivity contribution in [2.45, 2.75) is 6.42 Å². The SMILES string of the molecule is C=C/C(=C\SC)C(=O)CCN(C)C. The summed E-state index contributed by atoms with van der Waals surface area (Å²) in [6, 6.07) is 0. The number of ketones is 1. The fourth-order valence-corrected chi connectivity index (χ4v) is 1.31. The Morgan fingerprint density at radius 3 is 2.54 bits per heavy atom. The predicted octanol–water partition coefficient (Wildman–Crippen LogP) is 1.94. The number of hydrogen-bond donors (Lipinski definition) is 0. The lowest BCUT2D eigenvalue weighted by Crippen LogP contribution is -2.17. The van der Waals surface area contributed by atoms with Crippen LogP contribution in [-0.2, 0) is 4.79 Å². The molecule has 0 aromatic carbocycles. The lowest BCUT2D eigenvalue weighted by Gasteiger charge is -2.08. The molecule has 3 heteroatoms. The van der Waals surface area contributed by atoms with Crippen LogP contribution in [0.5, 0.6) is 0 Å². The number of carbonyl (C=O) groups is 1. The molecule has 0 unspecified atom stereocenters. The zero-order valence-corrected chi connectivity index (χ0v) is 9.36. The zero-order valence-electron chi connectivity index (χ0n) is 8.54. The quantitative estimate of drug-likeness (QED) is 0.481. The van der Waals surface area contributed by atoms with Crippen molar-refractivity contribution in [2.75, 3.05) is 26.9 Å². The number of allylic oxidation sites excluding steroid dienone is 2.